The Morgan fingerprint density at radius 2 is 1.57 bits per heavy atom. The van der Waals surface area contributed by atoms with Gasteiger partial charge in [-0.05, 0) is 36.3 Å². The zero-order valence-corrected chi connectivity index (χ0v) is 13.6. The van der Waals surface area contributed by atoms with Crippen LogP contribution in [-0.2, 0) is 11.2 Å². The van der Waals surface area contributed by atoms with Crippen LogP contribution in [0.1, 0.15) is 49.3 Å². The molecule has 1 saturated carbocycles. The molecule has 2 nitrogen and oxygen atoms in total. The number of aryl methyl sites for hydroxylation is 1. The zero-order chi connectivity index (χ0) is 15.9. The molecule has 2 heteroatoms. The van der Waals surface area contributed by atoms with Crippen molar-refractivity contribution in [3.8, 4) is 0 Å². The van der Waals surface area contributed by atoms with Crippen molar-refractivity contribution < 1.29 is 4.79 Å². The molecule has 0 radical (unpaired) electrons. The smallest absolute Gasteiger partial charge is 0.220 e. The Morgan fingerprint density at radius 3 is 2.22 bits per heavy atom. The van der Waals surface area contributed by atoms with Crippen molar-refractivity contribution in [2.45, 2.75) is 44.6 Å². The van der Waals surface area contributed by atoms with E-state index in [-0.39, 0.29) is 11.9 Å². The van der Waals surface area contributed by atoms with Gasteiger partial charge in [0.05, 0.1) is 6.04 Å². The third-order valence-corrected chi connectivity index (χ3v) is 4.83. The summed E-state index contributed by atoms with van der Waals surface area (Å²) in [6.07, 6.45) is 6.37. The monoisotopic (exact) mass is 307 g/mol. The van der Waals surface area contributed by atoms with Crippen LogP contribution in [0.3, 0.4) is 0 Å². The van der Waals surface area contributed by atoms with Crippen LogP contribution in [0.15, 0.2) is 60.7 Å². The number of carbonyl (C=O) groups excluding carboxylic acids is 1. The van der Waals surface area contributed by atoms with E-state index in [2.05, 4.69) is 41.7 Å². The second kappa shape index (κ2) is 7.96. The first-order chi connectivity index (χ1) is 11.3. The molecule has 120 valence electrons. The van der Waals surface area contributed by atoms with E-state index in [0.29, 0.717) is 12.3 Å². The highest BCUT2D eigenvalue weighted by Gasteiger charge is 2.27. The van der Waals surface area contributed by atoms with E-state index in [1.165, 1.54) is 36.8 Å². The molecule has 0 saturated heterocycles. The summed E-state index contributed by atoms with van der Waals surface area (Å²) in [4.78, 5) is 12.4. The minimum absolute atomic E-state index is 0.162. The highest BCUT2D eigenvalue weighted by Crippen LogP contribution is 2.35. The van der Waals surface area contributed by atoms with Gasteiger partial charge in [-0.25, -0.2) is 0 Å². The number of benzene rings is 2. The summed E-state index contributed by atoms with van der Waals surface area (Å²) in [6, 6.07) is 20.8. The maximum Gasteiger partial charge on any atom is 0.220 e. The van der Waals surface area contributed by atoms with Gasteiger partial charge in [-0.1, -0.05) is 73.5 Å². The summed E-state index contributed by atoms with van der Waals surface area (Å²) in [5.74, 6) is 0.743. The third kappa shape index (κ3) is 4.44. The number of carbonyl (C=O) groups is 1. The predicted molar refractivity (Wildman–Crippen MR) is 94.0 cm³/mol. The van der Waals surface area contributed by atoms with Crippen LogP contribution in [0, 0.1) is 5.92 Å². The normalized spacial score (nSPS) is 16.2. The predicted octanol–water partition coefficient (Wildman–Crippen LogP) is 4.67. The van der Waals surface area contributed by atoms with E-state index in [4.69, 9.17) is 0 Å². The summed E-state index contributed by atoms with van der Waals surface area (Å²) in [5.41, 5.74) is 2.47. The molecule has 1 aliphatic rings. The van der Waals surface area contributed by atoms with Crippen LogP contribution in [-0.4, -0.2) is 5.91 Å². The minimum Gasteiger partial charge on any atom is -0.349 e. The number of hydrogen-bond donors (Lipinski definition) is 1. The van der Waals surface area contributed by atoms with Crippen LogP contribution in [0.5, 0.6) is 0 Å². The van der Waals surface area contributed by atoms with Gasteiger partial charge in [0.15, 0.2) is 0 Å². The van der Waals surface area contributed by atoms with Crippen LogP contribution in [0.4, 0.5) is 0 Å². The lowest BCUT2D eigenvalue weighted by Gasteiger charge is -2.25. The van der Waals surface area contributed by atoms with Gasteiger partial charge >= 0.3 is 0 Å². The fourth-order valence-corrected chi connectivity index (χ4v) is 3.57. The van der Waals surface area contributed by atoms with Gasteiger partial charge in [-0.15, -0.1) is 0 Å². The molecule has 2 aromatic rings. The molecular weight excluding hydrogens is 282 g/mol. The molecule has 0 aromatic heterocycles. The van der Waals surface area contributed by atoms with Gasteiger partial charge in [-0.3, -0.25) is 4.79 Å². The van der Waals surface area contributed by atoms with E-state index < -0.39 is 0 Å². The Balaban J connectivity index is 1.62. The highest BCUT2D eigenvalue weighted by atomic mass is 16.1. The van der Waals surface area contributed by atoms with Crippen LogP contribution < -0.4 is 5.32 Å². The molecule has 1 atom stereocenters. The summed E-state index contributed by atoms with van der Waals surface area (Å²) in [6.45, 7) is 0. The van der Waals surface area contributed by atoms with Crippen LogP contribution in [0.2, 0.25) is 0 Å². The van der Waals surface area contributed by atoms with Gasteiger partial charge in [0.25, 0.3) is 0 Å². The fourth-order valence-electron chi connectivity index (χ4n) is 3.57. The maximum atomic E-state index is 12.4. The average Bonchev–Trinajstić information content (AvgIpc) is 3.14. The Hall–Kier alpha value is -2.09. The Morgan fingerprint density at radius 1 is 0.957 bits per heavy atom. The van der Waals surface area contributed by atoms with Crippen molar-refractivity contribution in [2.75, 3.05) is 0 Å². The van der Waals surface area contributed by atoms with E-state index >= 15 is 0 Å². The first-order valence-electron chi connectivity index (χ1n) is 8.71. The SMILES string of the molecule is O=C(CCc1ccccc1)NC(c1ccccc1)C1CCCC1. The van der Waals surface area contributed by atoms with Gasteiger partial charge in [0.2, 0.25) is 5.91 Å². The van der Waals surface area contributed by atoms with Crippen LogP contribution >= 0.6 is 0 Å². The third-order valence-electron chi connectivity index (χ3n) is 4.83. The first kappa shape index (κ1) is 15.8. The molecule has 1 unspecified atom stereocenters. The zero-order valence-electron chi connectivity index (χ0n) is 13.6. The minimum atomic E-state index is 0.162. The van der Waals surface area contributed by atoms with Gasteiger partial charge < -0.3 is 5.32 Å². The molecule has 3 rings (SSSR count). The van der Waals surface area contributed by atoms with E-state index in [0.717, 1.165) is 6.42 Å². The highest BCUT2D eigenvalue weighted by molar-refractivity contribution is 5.76. The second-order valence-corrected chi connectivity index (χ2v) is 6.49. The lowest BCUT2D eigenvalue weighted by molar-refractivity contribution is -0.122. The summed E-state index contributed by atoms with van der Waals surface area (Å²) in [7, 11) is 0. The molecule has 0 heterocycles. The molecule has 1 amide bonds. The maximum absolute atomic E-state index is 12.4. The van der Waals surface area contributed by atoms with Crippen molar-refractivity contribution in [1.82, 2.24) is 5.32 Å². The number of hydrogen-bond acceptors (Lipinski definition) is 1. The molecule has 0 aliphatic heterocycles. The lowest BCUT2D eigenvalue weighted by Crippen LogP contribution is -2.32. The Labute approximate surface area is 138 Å². The van der Waals surface area contributed by atoms with Gasteiger partial charge in [0, 0.05) is 6.42 Å². The molecule has 23 heavy (non-hydrogen) atoms. The average molecular weight is 307 g/mol. The first-order valence-corrected chi connectivity index (χ1v) is 8.71. The van der Waals surface area contributed by atoms with Crippen LogP contribution in [0.25, 0.3) is 0 Å². The Kier molecular flexibility index (Phi) is 5.46. The van der Waals surface area contributed by atoms with Gasteiger partial charge in [0.1, 0.15) is 0 Å². The second-order valence-electron chi connectivity index (χ2n) is 6.49. The largest absolute Gasteiger partial charge is 0.349 e. The molecule has 0 spiro atoms. The summed E-state index contributed by atoms with van der Waals surface area (Å²) < 4.78 is 0. The fraction of sp³-hybridized carbons (Fsp3) is 0.381. The molecule has 1 fully saturated rings. The number of amides is 1. The summed E-state index contributed by atoms with van der Waals surface area (Å²) >= 11 is 0. The molecule has 0 bridgehead atoms. The molecule has 1 N–H and O–H groups in total. The number of rotatable bonds is 6. The van der Waals surface area contributed by atoms with Crippen molar-refractivity contribution >= 4 is 5.91 Å². The summed E-state index contributed by atoms with van der Waals surface area (Å²) in [5, 5.41) is 3.31. The van der Waals surface area contributed by atoms with Gasteiger partial charge in [-0.2, -0.15) is 0 Å². The lowest BCUT2D eigenvalue weighted by atomic mass is 9.91. The van der Waals surface area contributed by atoms with E-state index in [1.807, 2.05) is 24.3 Å². The Bertz CT molecular complexity index is 602. The standard InChI is InChI=1S/C21H25NO/c23-20(16-15-17-9-3-1-4-10-17)22-21(19-13-7-8-14-19)18-11-5-2-6-12-18/h1-6,9-12,19,21H,7-8,13-16H2,(H,22,23). The van der Waals surface area contributed by atoms with Crippen molar-refractivity contribution in [1.29, 1.82) is 0 Å². The quantitative estimate of drug-likeness (QED) is 0.825. The molecular formula is C21H25NO. The molecule has 2 aromatic carbocycles. The van der Waals surface area contributed by atoms with E-state index in [9.17, 15) is 4.79 Å². The number of nitrogens with one attached hydrogen (secondary N) is 1. The van der Waals surface area contributed by atoms with Crippen molar-refractivity contribution in [2.24, 2.45) is 5.92 Å². The van der Waals surface area contributed by atoms with E-state index in [1.54, 1.807) is 0 Å². The van der Waals surface area contributed by atoms with Crippen molar-refractivity contribution in [3.05, 3.63) is 71.8 Å². The topological polar surface area (TPSA) is 29.1 Å². The molecule has 1 aliphatic carbocycles. The van der Waals surface area contributed by atoms with Crippen molar-refractivity contribution in [3.63, 3.8) is 0 Å².